The molecule has 0 amide bonds. The molecule has 3 aromatic rings. The van der Waals surface area contributed by atoms with Gasteiger partial charge in [0.25, 0.3) is 0 Å². The standard InChI is InChI=1S/C28H25F5/c1-3-5-7-20-9-14-23(15-10-20)27(30,31)28(32,33)24-16-12-22(13-17-24)25-18-11-21(8-6-4-2)19-26(25)29/h3-4,9-19H,1-2,5-8H2. The fraction of sp³-hybridized carbons (Fsp3) is 0.214. The van der Waals surface area contributed by atoms with Crippen molar-refractivity contribution in [3.05, 3.63) is 120 Å². The van der Waals surface area contributed by atoms with E-state index in [4.69, 9.17) is 0 Å². The van der Waals surface area contributed by atoms with Gasteiger partial charge in [-0.15, -0.1) is 13.2 Å². The average Bonchev–Trinajstić information content (AvgIpc) is 2.81. The first-order valence-electron chi connectivity index (χ1n) is 10.7. The molecule has 0 N–H and O–H groups in total. The number of aryl methyl sites for hydroxylation is 2. The fourth-order valence-corrected chi connectivity index (χ4v) is 3.59. The van der Waals surface area contributed by atoms with Gasteiger partial charge in [0.2, 0.25) is 0 Å². The lowest BCUT2D eigenvalue weighted by atomic mass is 9.93. The SMILES string of the molecule is C=CCCc1ccc(C(F)(F)C(F)(F)c2ccc(-c3ccc(CCC=C)cc3F)cc2)cc1. The smallest absolute Gasteiger partial charge is 0.206 e. The van der Waals surface area contributed by atoms with E-state index in [0.717, 1.165) is 35.4 Å². The Balaban J connectivity index is 1.84. The summed E-state index contributed by atoms with van der Waals surface area (Å²) in [6.45, 7) is 7.23. The van der Waals surface area contributed by atoms with Crippen molar-refractivity contribution in [2.75, 3.05) is 0 Å². The molecule has 0 radical (unpaired) electrons. The van der Waals surface area contributed by atoms with Crippen molar-refractivity contribution in [2.45, 2.75) is 37.5 Å². The third kappa shape index (κ3) is 5.24. The molecule has 0 nitrogen and oxygen atoms in total. The second kappa shape index (κ2) is 10.2. The quantitative estimate of drug-likeness (QED) is 0.212. The van der Waals surface area contributed by atoms with Gasteiger partial charge in [-0.1, -0.05) is 72.8 Å². The highest BCUT2D eigenvalue weighted by Gasteiger charge is 2.58. The number of benzene rings is 3. The van der Waals surface area contributed by atoms with Crippen molar-refractivity contribution in [3.63, 3.8) is 0 Å². The van der Waals surface area contributed by atoms with Crippen LogP contribution in [-0.4, -0.2) is 0 Å². The minimum atomic E-state index is -4.44. The lowest BCUT2D eigenvalue weighted by molar-refractivity contribution is -0.223. The van der Waals surface area contributed by atoms with Crippen molar-refractivity contribution >= 4 is 0 Å². The van der Waals surface area contributed by atoms with Gasteiger partial charge in [-0.25, -0.2) is 4.39 Å². The van der Waals surface area contributed by atoms with Gasteiger partial charge in [-0.05, 0) is 48.4 Å². The maximum atomic E-state index is 14.9. The van der Waals surface area contributed by atoms with Crippen LogP contribution >= 0.6 is 0 Å². The zero-order valence-corrected chi connectivity index (χ0v) is 18.1. The molecular weight excluding hydrogens is 431 g/mol. The molecule has 0 aliphatic heterocycles. The Bertz CT molecular complexity index is 1100. The van der Waals surface area contributed by atoms with Crippen LogP contribution in [0, 0.1) is 5.82 Å². The maximum absolute atomic E-state index is 14.9. The Morgan fingerprint density at radius 2 is 1.09 bits per heavy atom. The van der Waals surface area contributed by atoms with Gasteiger partial charge in [0.05, 0.1) is 0 Å². The molecule has 3 aromatic carbocycles. The van der Waals surface area contributed by atoms with Gasteiger partial charge < -0.3 is 0 Å². The highest BCUT2D eigenvalue weighted by atomic mass is 19.3. The first-order valence-corrected chi connectivity index (χ1v) is 10.7. The molecule has 33 heavy (non-hydrogen) atoms. The van der Waals surface area contributed by atoms with Crippen molar-refractivity contribution in [1.29, 1.82) is 0 Å². The summed E-state index contributed by atoms with van der Waals surface area (Å²) in [5.41, 5.74) is 0.496. The van der Waals surface area contributed by atoms with Gasteiger partial charge in [0, 0.05) is 16.7 Å². The normalized spacial score (nSPS) is 11.9. The van der Waals surface area contributed by atoms with Crippen LogP contribution in [0.1, 0.15) is 35.1 Å². The van der Waals surface area contributed by atoms with Crippen LogP contribution < -0.4 is 0 Å². The number of rotatable bonds is 10. The third-order valence-corrected chi connectivity index (χ3v) is 5.58. The summed E-state index contributed by atoms with van der Waals surface area (Å²) in [4.78, 5) is 0. The monoisotopic (exact) mass is 456 g/mol. The molecule has 0 spiro atoms. The first kappa shape index (κ1) is 24.4. The molecule has 0 fully saturated rings. The van der Waals surface area contributed by atoms with Crippen LogP contribution in [-0.2, 0) is 24.7 Å². The molecular formula is C28H25F5. The average molecular weight is 456 g/mol. The molecule has 0 saturated heterocycles. The number of hydrogen-bond acceptors (Lipinski definition) is 0. The summed E-state index contributed by atoms with van der Waals surface area (Å²) in [5.74, 6) is -9.36. The van der Waals surface area contributed by atoms with Crippen LogP contribution in [0.25, 0.3) is 11.1 Å². The van der Waals surface area contributed by atoms with Crippen LogP contribution in [0.2, 0.25) is 0 Å². The molecule has 5 heteroatoms. The van der Waals surface area contributed by atoms with Crippen molar-refractivity contribution in [3.8, 4) is 11.1 Å². The van der Waals surface area contributed by atoms with E-state index in [1.165, 1.54) is 30.3 Å². The van der Waals surface area contributed by atoms with E-state index < -0.39 is 28.8 Å². The minimum absolute atomic E-state index is 0.217. The number of allylic oxidation sites excluding steroid dienone is 2. The molecule has 0 saturated carbocycles. The van der Waals surface area contributed by atoms with E-state index in [-0.39, 0.29) is 5.56 Å². The van der Waals surface area contributed by atoms with Gasteiger partial charge in [-0.2, -0.15) is 17.6 Å². The number of alkyl halides is 4. The molecule has 0 aliphatic rings. The molecule has 0 heterocycles. The molecule has 172 valence electrons. The van der Waals surface area contributed by atoms with Gasteiger partial charge in [0.1, 0.15) is 5.82 Å². The van der Waals surface area contributed by atoms with Crippen LogP contribution in [0.5, 0.6) is 0 Å². The van der Waals surface area contributed by atoms with E-state index >= 15 is 0 Å². The molecule has 3 rings (SSSR count). The van der Waals surface area contributed by atoms with Crippen molar-refractivity contribution in [1.82, 2.24) is 0 Å². The van der Waals surface area contributed by atoms with Crippen LogP contribution in [0.15, 0.2) is 92.0 Å². The molecule has 0 aliphatic carbocycles. The van der Waals surface area contributed by atoms with Gasteiger partial charge in [-0.3, -0.25) is 0 Å². The zero-order valence-electron chi connectivity index (χ0n) is 18.1. The van der Waals surface area contributed by atoms with Crippen LogP contribution in [0.4, 0.5) is 22.0 Å². The van der Waals surface area contributed by atoms with Gasteiger partial charge in [0.15, 0.2) is 0 Å². The third-order valence-electron chi connectivity index (χ3n) is 5.58. The fourth-order valence-electron chi connectivity index (χ4n) is 3.59. The summed E-state index contributed by atoms with van der Waals surface area (Å²) < 4.78 is 73.9. The summed E-state index contributed by atoms with van der Waals surface area (Å²) in [6.07, 6.45) is 6.03. The second-order valence-corrected chi connectivity index (χ2v) is 7.89. The van der Waals surface area contributed by atoms with E-state index in [0.29, 0.717) is 31.2 Å². The van der Waals surface area contributed by atoms with Crippen molar-refractivity contribution < 1.29 is 22.0 Å². The summed E-state index contributed by atoms with van der Waals surface area (Å²) in [7, 11) is 0. The summed E-state index contributed by atoms with van der Waals surface area (Å²) >= 11 is 0. The first-order chi connectivity index (χ1) is 15.7. The predicted molar refractivity (Wildman–Crippen MR) is 123 cm³/mol. The molecule has 0 bridgehead atoms. The maximum Gasteiger partial charge on any atom is 0.339 e. The molecule has 0 aromatic heterocycles. The van der Waals surface area contributed by atoms with E-state index in [2.05, 4.69) is 13.2 Å². The molecule has 0 unspecified atom stereocenters. The Hall–Kier alpha value is -3.21. The topological polar surface area (TPSA) is 0 Å². The van der Waals surface area contributed by atoms with E-state index in [1.54, 1.807) is 24.3 Å². The second-order valence-electron chi connectivity index (χ2n) is 7.89. The largest absolute Gasteiger partial charge is 0.339 e. The van der Waals surface area contributed by atoms with E-state index in [9.17, 15) is 22.0 Å². The minimum Gasteiger partial charge on any atom is -0.206 e. The highest BCUT2D eigenvalue weighted by Crippen LogP contribution is 2.49. The Labute approximate surface area is 191 Å². The number of hydrogen-bond donors (Lipinski definition) is 0. The lowest BCUT2D eigenvalue weighted by Crippen LogP contribution is -2.35. The highest BCUT2D eigenvalue weighted by molar-refractivity contribution is 5.65. The van der Waals surface area contributed by atoms with Crippen molar-refractivity contribution in [2.24, 2.45) is 0 Å². The van der Waals surface area contributed by atoms with E-state index in [1.807, 2.05) is 0 Å². The Morgan fingerprint density at radius 1 is 0.636 bits per heavy atom. The Kier molecular flexibility index (Phi) is 7.52. The molecule has 0 atom stereocenters. The summed E-state index contributed by atoms with van der Waals surface area (Å²) in [5, 5.41) is 0. The predicted octanol–water partition coefficient (Wildman–Crippen LogP) is 8.61. The summed E-state index contributed by atoms with van der Waals surface area (Å²) in [6, 6.07) is 13.9. The Morgan fingerprint density at radius 3 is 1.58 bits per heavy atom. The number of halogens is 5. The zero-order chi connectivity index (χ0) is 24.1. The van der Waals surface area contributed by atoms with Gasteiger partial charge >= 0.3 is 11.8 Å². The van der Waals surface area contributed by atoms with Crippen LogP contribution in [0.3, 0.4) is 0 Å². The lowest BCUT2D eigenvalue weighted by Gasteiger charge is -2.27.